The summed E-state index contributed by atoms with van der Waals surface area (Å²) in [5.74, 6) is 0.882. The lowest BCUT2D eigenvalue weighted by molar-refractivity contribution is -0.131. The summed E-state index contributed by atoms with van der Waals surface area (Å²) >= 11 is 0. The lowest BCUT2D eigenvalue weighted by Crippen LogP contribution is -2.42. The Balaban J connectivity index is 1.74. The molecule has 1 N–H and O–H groups in total. The number of ether oxygens (including phenoxy) is 1. The molecule has 0 aromatic carbocycles. The lowest BCUT2D eigenvalue weighted by atomic mass is 9.81. The molecular weight excluding hydrogens is 288 g/mol. The van der Waals surface area contributed by atoms with E-state index in [2.05, 4.69) is 37.9 Å². The molecule has 4 heteroatoms. The normalized spacial score (nSPS) is 27.7. The minimum atomic E-state index is 0.188. The number of amides is 1. The predicted octanol–water partition coefficient (Wildman–Crippen LogP) is 3.21. The molecule has 3 atom stereocenters. The fourth-order valence-electron chi connectivity index (χ4n) is 3.94. The molecule has 23 heavy (non-hydrogen) atoms. The van der Waals surface area contributed by atoms with Crippen molar-refractivity contribution in [3.63, 3.8) is 0 Å². The monoisotopic (exact) mass is 324 g/mol. The van der Waals surface area contributed by atoms with E-state index < -0.39 is 0 Å². The molecule has 1 unspecified atom stereocenters. The van der Waals surface area contributed by atoms with Gasteiger partial charge in [-0.1, -0.05) is 33.6 Å². The van der Waals surface area contributed by atoms with Crippen molar-refractivity contribution in [2.45, 2.75) is 78.4 Å². The Bertz CT molecular complexity index is 370. The Morgan fingerprint density at radius 2 is 1.87 bits per heavy atom. The number of hydrogen-bond donors (Lipinski definition) is 1. The first-order valence-corrected chi connectivity index (χ1v) is 9.50. The van der Waals surface area contributed by atoms with Crippen molar-refractivity contribution in [3.05, 3.63) is 0 Å². The Morgan fingerprint density at radius 3 is 2.48 bits per heavy atom. The summed E-state index contributed by atoms with van der Waals surface area (Å²) in [7, 11) is 0. The summed E-state index contributed by atoms with van der Waals surface area (Å²) < 4.78 is 5.94. The van der Waals surface area contributed by atoms with Gasteiger partial charge >= 0.3 is 0 Å². The summed E-state index contributed by atoms with van der Waals surface area (Å²) in [6.07, 6.45) is 6.94. The molecule has 0 aromatic heterocycles. The summed E-state index contributed by atoms with van der Waals surface area (Å²) in [5.41, 5.74) is 0.188. The summed E-state index contributed by atoms with van der Waals surface area (Å²) in [6, 6.07) is 0.243. The standard InChI is InChI=1S/C19H36N2O2/c1-15(13-17(22)21-10-7-5-6-8-11-21)20-14-16-9-12-23-18(16)19(2,3)4/h15-16,18,20H,5-14H2,1-4H3/t15?,16-,18+/m1/s1. The summed E-state index contributed by atoms with van der Waals surface area (Å²) in [4.78, 5) is 14.5. The molecule has 0 radical (unpaired) electrons. The number of likely N-dealkylation sites (tertiary alicyclic amines) is 1. The van der Waals surface area contributed by atoms with E-state index in [0.29, 0.717) is 24.3 Å². The molecule has 0 saturated carbocycles. The highest BCUT2D eigenvalue weighted by Gasteiger charge is 2.37. The van der Waals surface area contributed by atoms with Gasteiger partial charge in [0.05, 0.1) is 6.10 Å². The maximum atomic E-state index is 12.4. The van der Waals surface area contributed by atoms with Gasteiger partial charge in [0.25, 0.3) is 0 Å². The van der Waals surface area contributed by atoms with E-state index in [0.717, 1.165) is 32.7 Å². The zero-order valence-electron chi connectivity index (χ0n) is 15.6. The molecule has 0 spiro atoms. The Labute approximate surface area is 142 Å². The van der Waals surface area contributed by atoms with E-state index in [1.165, 1.54) is 25.7 Å². The molecule has 0 aromatic rings. The number of carbonyl (C=O) groups is 1. The van der Waals surface area contributed by atoms with E-state index in [1.54, 1.807) is 0 Å². The maximum absolute atomic E-state index is 12.4. The van der Waals surface area contributed by atoms with Crippen molar-refractivity contribution in [1.82, 2.24) is 10.2 Å². The van der Waals surface area contributed by atoms with Gasteiger partial charge in [-0.25, -0.2) is 0 Å². The second kappa shape index (κ2) is 8.48. The molecule has 2 rings (SSSR count). The van der Waals surface area contributed by atoms with Gasteiger partial charge in [0.15, 0.2) is 0 Å². The van der Waals surface area contributed by atoms with Crippen LogP contribution in [0.3, 0.4) is 0 Å². The number of nitrogens with one attached hydrogen (secondary N) is 1. The molecule has 2 fully saturated rings. The van der Waals surface area contributed by atoms with Crippen LogP contribution < -0.4 is 5.32 Å². The van der Waals surface area contributed by atoms with Gasteiger partial charge in [-0.15, -0.1) is 0 Å². The number of rotatable bonds is 5. The predicted molar refractivity (Wildman–Crippen MR) is 94.4 cm³/mol. The van der Waals surface area contributed by atoms with Crippen molar-refractivity contribution in [3.8, 4) is 0 Å². The van der Waals surface area contributed by atoms with Gasteiger partial charge in [0, 0.05) is 44.6 Å². The highest BCUT2D eigenvalue weighted by Crippen LogP contribution is 2.34. The fraction of sp³-hybridized carbons (Fsp3) is 0.947. The Kier molecular flexibility index (Phi) is 6.90. The molecule has 2 heterocycles. The van der Waals surface area contributed by atoms with Gasteiger partial charge < -0.3 is 15.0 Å². The second-order valence-electron chi connectivity index (χ2n) is 8.51. The lowest BCUT2D eigenvalue weighted by Gasteiger charge is -2.32. The Morgan fingerprint density at radius 1 is 1.22 bits per heavy atom. The molecule has 0 aliphatic carbocycles. The minimum absolute atomic E-state index is 0.188. The number of carbonyl (C=O) groups excluding carboxylic acids is 1. The van der Waals surface area contributed by atoms with Crippen LogP contribution in [0, 0.1) is 11.3 Å². The van der Waals surface area contributed by atoms with E-state index in [-0.39, 0.29) is 11.5 Å². The highest BCUT2D eigenvalue weighted by molar-refractivity contribution is 5.76. The Hall–Kier alpha value is -0.610. The van der Waals surface area contributed by atoms with Crippen molar-refractivity contribution < 1.29 is 9.53 Å². The zero-order valence-corrected chi connectivity index (χ0v) is 15.6. The minimum Gasteiger partial charge on any atom is -0.377 e. The van der Waals surface area contributed by atoms with E-state index in [1.807, 2.05) is 0 Å². The number of nitrogens with zero attached hydrogens (tertiary/aromatic N) is 1. The van der Waals surface area contributed by atoms with Gasteiger partial charge in [-0.3, -0.25) is 4.79 Å². The average molecular weight is 325 g/mol. The quantitative estimate of drug-likeness (QED) is 0.844. The van der Waals surface area contributed by atoms with Crippen molar-refractivity contribution in [1.29, 1.82) is 0 Å². The van der Waals surface area contributed by atoms with Crippen LogP contribution in [-0.4, -0.2) is 49.2 Å². The molecule has 4 nitrogen and oxygen atoms in total. The van der Waals surface area contributed by atoms with Crippen LogP contribution in [0.5, 0.6) is 0 Å². The molecule has 134 valence electrons. The van der Waals surface area contributed by atoms with E-state index in [4.69, 9.17) is 4.74 Å². The molecular formula is C19H36N2O2. The van der Waals surface area contributed by atoms with Crippen molar-refractivity contribution in [2.75, 3.05) is 26.2 Å². The molecule has 1 amide bonds. The van der Waals surface area contributed by atoms with Crippen LogP contribution >= 0.6 is 0 Å². The third-order valence-electron chi connectivity index (χ3n) is 5.24. The van der Waals surface area contributed by atoms with Crippen LogP contribution in [0.4, 0.5) is 0 Å². The third-order valence-corrected chi connectivity index (χ3v) is 5.24. The molecule has 2 aliphatic heterocycles. The maximum Gasteiger partial charge on any atom is 0.224 e. The van der Waals surface area contributed by atoms with Gasteiger partial charge in [-0.2, -0.15) is 0 Å². The van der Waals surface area contributed by atoms with Crippen molar-refractivity contribution >= 4 is 5.91 Å². The molecule has 0 bridgehead atoms. The average Bonchev–Trinajstić information content (AvgIpc) is 2.79. The zero-order chi connectivity index (χ0) is 16.9. The first-order chi connectivity index (χ1) is 10.9. The van der Waals surface area contributed by atoms with Crippen LogP contribution in [0.2, 0.25) is 0 Å². The first kappa shape index (κ1) is 18.7. The topological polar surface area (TPSA) is 41.6 Å². The molecule has 2 saturated heterocycles. The van der Waals surface area contributed by atoms with Crippen molar-refractivity contribution in [2.24, 2.45) is 11.3 Å². The van der Waals surface area contributed by atoms with E-state index >= 15 is 0 Å². The van der Waals surface area contributed by atoms with Crippen LogP contribution in [-0.2, 0) is 9.53 Å². The fourth-order valence-corrected chi connectivity index (χ4v) is 3.94. The highest BCUT2D eigenvalue weighted by atomic mass is 16.5. The largest absolute Gasteiger partial charge is 0.377 e. The SMILES string of the molecule is CC(CC(=O)N1CCCCCC1)NC[C@H]1CCO[C@@H]1C(C)(C)C. The summed E-state index contributed by atoms with van der Waals surface area (Å²) in [6.45, 7) is 12.6. The van der Waals surface area contributed by atoms with Crippen LogP contribution in [0.15, 0.2) is 0 Å². The number of hydrogen-bond acceptors (Lipinski definition) is 3. The smallest absolute Gasteiger partial charge is 0.224 e. The van der Waals surface area contributed by atoms with Gasteiger partial charge in [-0.05, 0) is 31.6 Å². The van der Waals surface area contributed by atoms with Crippen LogP contribution in [0.1, 0.15) is 66.2 Å². The first-order valence-electron chi connectivity index (χ1n) is 9.50. The van der Waals surface area contributed by atoms with Gasteiger partial charge in [0.1, 0.15) is 0 Å². The van der Waals surface area contributed by atoms with Gasteiger partial charge in [0.2, 0.25) is 5.91 Å². The van der Waals surface area contributed by atoms with E-state index in [9.17, 15) is 4.79 Å². The second-order valence-corrected chi connectivity index (χ2v) is 8.51. The van der Waals surface area contributed by atoms with Crippen LogP contribution in [0.25, 0.3) is 0 Å². The third kappa shape index (κ3) is 5.75. The molecule has 2 aliphatic rings. The summed E-state index contributed by atoms with van der Waals surface area (Å²) in [5, 5.41) is 3.58.